The maximum Gasteiger partial charge on any atom is 0.200 e. The van der Waals surface area contributed by atoms with Crippen molar-refractivity contribution in [2.75, 3.05) is 20.2 Å². The van der Waals surface area contributed by atoms with Gasteiger partial charge in [0.25, 0.3) is 0 Å². The Balaban J connectivity index is 2.13. The van der Waals surface area contributed by atoms with Crippen LogP contribution in [0.3, 0.4) is 0 Å². The number of carbonyl (C=O) groups is 1. The summed E-state index contributed by atoms with van der Waals surface area (Å²) in [5, 5.41) is 0.896. The van der Waals surface area contributed by atoms with E-state index in [1.165, 1.54) is 0 Å². The van der Waals surface area contributed by atoms with Gasteiger partial charge >= 0.3 is 0 Å². The summed E-state index contributed by atoms with van der Waals surface area (Å²) in [6.45, 7) is 6.67. The van der Waals surface area contributed by atoms with Gasteiger partial charge in [-0.25, -0.2) is 4.99 Å². The summed E-state index contributed by atoms with van der Waals surface area (Å²) in [7, 11) is 1.96. The van der Waals surface area contributed by atoms with E-state index in [1.807, 2.05) is 37.9 Å². The van der Waals surface area contributed by atoms with Crippen molar-refractivity contribution in [1.29, 1.82) is 0 Å². The fourth-order valence-corrected chi connectivity index (χ4v) is 2.76. The number of aliphatic imine (C=N–C) groups is 1. The van der Waals surface area contributed by atoms with E-state index in [0.29, 0.717) is 21.4 Å². The van der Waals surface area contributed by atoms with Gasteiger partial charge < -0.3 is 9.64 Å². The lowest BCUT2D eigenvalue weighted by molar-refractivity contribution is 0.0921. The van der Waals surface area contributed by atoms with Gasteiger partial charge in [-0.1, -0.05) is 23.2 Å². The molecular weight excluding hydrogens is 371 g/mol. The molecule has 0 fully saturated rings. The van der Waals surface area contributed by atoms with Gasteiger partial charge in [-0.05, 0) is 62.2 Å². The van der Waals surface area contributed by atoms with Crippen molar-refractivity contribution in [3.63, 3.8) is 0 Å². The number of rotatable bonds is 7. The van der Waals surface area contributed by atoms with Crippen LogP contribution in [0.1, 0.15) is 28.4 Å². The zero-order valence-corrected chi connectivity index (χ0v) is 16.9. The van der Waals surface area contributed by atoms with E-state index in [0.717, 1.165) is 23.4 Å². The summed E-state index contributed by atoms with van der Waals surface area (Å²) < 4.78 is 5.55. The second kappa shape index (κ2) is 9.06. The molecule has 0 heterocycles. The highest BCUT2D eigenvalue weighted by atomic mass is 35.5. The Morgan fingerprint density at radius 3 is 2.58 bits per heavy atom. The SMILES string of the molecule is CCN(C)C=Nc1cc(C)c(C(=O)COc2ccc(Cl)cc2Cl)cc1C. The topological polar surface area (TPSA) is 41.9 Å². The summed E-state index contributed by atoms with van der Waals surface area (Å²) >= 11 is 11.9. The molecule has 0 aliphatic rings. The third-order valence-corrected chi connectivity index (χ3v) is 4.52. The first kappa shape index (κ1) is 20.3. The highest BCUT2D eigenvalue weighted by molar-refractivity contribution is 6.35. The number of carbonyl (C=O) groups excluding carboxylic acids is 1. The lowest BCUT2D eigenvalue weighted by Gasteiger charge is -2.12. The highest BCUT2D eigenvalue weighted by Gasteiger charge is 2.13. The van der Waals surface area contributed by atoms with Crippen LogP contribution in [0.5, 0.6) is 5.75 Å². The number of aryl methyl sites for hydroxylation is 2. The zero-order chi connectivity index (χ0) is 19.3. The molecular formula is C20H22Cl2N2O2. The van der Waals surface area contributed by atoms with Crippen LogP contribution < -0.4 is 4.74 Å². The zero-order valence-electron chi connectivity index (χ0n) is 15.3. The van der Waals surface area contributed by atoms with Crippen LogP contribution in [0.25, 0.3) is 0 Å². The molecule has 0 amide bonds. The maximum atomic E-state index is 12.6. The number of Topliss-reactive ketones (excluding diaryl/α,β-unsaturated/α-hetero) is 1. The highest BCUT2D eigenvalue weighted by Crippen LogP contribution is 2.28. The van der Waals surface area contributed by atoms with E-state index in [2.05, 4.69) is 11.9 Å². The number of nitrogens with zero attached hydrogens (tertiary/aromatic N) is 2. The minimum absolute atomic E-state index is 0.0944. The lowest BCUT2D eigenvalue weighted by atomic mass is 10.0. The number of benzene rings is 2. The van der Waals surface area contributed by atoms with Crippen LogP contribution in [0, 0.1) is 13.8 Å². The number of halogens is 2. The van der Waals surface area contributed by atoms with E-state index in [-0.39, 0.29) is 12.4 Å². The van der Waals surface area contributed by atoms with Crippen molar-refractivity contribution in [2.24, 2.45) is 4.99 Å². The van der Waals surface area contributed by atoms with Gasteiger partial charge in [0.15, 0.2) is 12.4 Å². The Kier molecular flexibility index (Phi) is 7.06. The molecule has 6 heteroatoms. The van der Waals surface area contributed by atoms with Crippen molar-refractivity contribution in [1.82, 2.24) is 4.90 Å². The van der Waals surface area contributed by atoms with E-state index in [4.69, 9.17) is 27.9 Å². The van der Waals surface area contributed by atoms with Gasteiger partial charge in [-0.15, -0.1) is 0 Å². The predicted octanol–water partition coefficient (Wildman–Crippen LogP) is 5.48. The van der Waals surface area contributed by atoms with E-state index in [1.54, 1.807) is 24.5 Å². The van der Waals surface area contributed by atoms with Crippen LogP contribution in [-0.2, 0) is 0 Å². The third kappa shape index (κ3) is 5.23. The average molecular weight is 393 g/mol. The van der Waals surface area contributed by atoms with Crippen molar-refractivity contribution in [3.8, 4) is 5.75 Å². The molecule has 0 bridgehead atoms. The molecule has 2 rings (SSSR count). The Hall–Kier alpha value is -2.04. The normalized spacial score (nSPS) is 11.0. The molecule has 0 spiro atoms. The Labute approximate surface area is 164 Å². The number of hydrogen-bond acceptors (Lipinski definition) is 3. The van der Waals surface area contributed by atoms with Gasteiger partial charge in [0, 0.05) is 24.2 Å². The number of ketones is 1. The van der Waals surface area contributed by atoms with Crippen LogP contribution in [0.15, 0.2) is 35.3 Å². The fraction of sp³-hybridized carbons (Fsp3) is 0.300. The summed E-state index contributed by atoms with van der Waals surface area (Å²) in [5.74, 6) is 0.320. The van der Waals surface area contributed by atoms with Gasteiger partial charge in [-0.3, -0.25) is 4.79 Å². The van der Waals surface area contributed by atoms with Gasteiger partial charge in [-0.2, -0.15) is 0 Å². The molecule has 0 saturated carbocycles. The molecule has 0 unspecified atom stereocenters. The molecule has 138 valence electrons. The minimum Gasteiger partial charge on any atom is -0.484 e. The van der Waals surface area contributed by atoms with Gasteiger partial charge in [0.05, 0.1) is 17.0 Å². The Bertz CT molecular complexity index is 835. The molecule has 0 atom stereocenters. The molecule has 0 saturated heterocycles. The van der Waals surface area contributed by atoms with Gasteiger partial charge in [0.2, 0.25) is 0 Å². The van der Waals surface area contributed by atoms with Crippen molar-refractivity contribution >= 4 is 41.0 Å². The standard InChI is InChI=1S/C20H22Cl2N2O2/c1-5-24(4)12-23-18-9-13(2)16(8-14(18)3)19(25)11-26-20-7-6-15(21)10-17(20)22/h6-10,12H,5,11H2,1-4H3. The summed E-state index contributed by atoms with van der Waals surface area (Å²) in [6, 6.07) is 8.67. The quantitative estimate of drug-likeness (QED) is 0.355. The third-order valence-electron chi connectivity index (χ3n) is 3.99. The molecule has 26 heavy (non-hydrogen) atoms. The molecule has 0 aliphatic heterocycles. The molecule has 0 aliphatic carbocycles. The first-order valence-electron chi connectivity index (χ1n) is 8.28. The molecule has 2 aromatic rings. The molecule has 0 radical (unpaired) electrons. The monoisotopic (exact) mass is 392 g/mol. The van der Waals surface area contributed by atoms with E-state index >= 15 is 0 Å². The minimum atomic E-state index is -0.113. The Morgan fingerprint density at radius 1 is 1.19 bits per heavy atom. The average Bonchev–Trinajstić information content (AvgIpc) is 2.60. The molecule has 0 N–H and O–H groups in total. The van der Waals surface area contributed by atoms with Crippen LogP contribution in [0.2, 0.25) is 10.0 Å². The van der Waals surface area contributed by atoms with Crippen molar-refractivity contribution in [2.45, 2.75) is 20.8 Å². The smallest absolute Gasteiger partial charge is 0.200 e. The summed E-state index contributed by atoms with van der Waals surface area (Å²) in [6.07, 6.45) is 1.79. The number of hydrogen-bond donors (Lipinski definition) is 0. The van der Waals surface area contributed by atoms with Crippen LogP contribution in [-0.4, -0.2) is 37.2 Å². The van der Waals surface area contributed by atoms with Crippen LogP contribution in [0.4, 0.5) is 5.69 Å². The van der Waals surface area contributed by atoms with Crippen LogP contribution >= 0.6 is 23.2 Å². The van der Waals surface area contributed by atoms with E-state index < -0.39 is 0 Å². The molecule has 2 aromatic carbocycles. The molecule has 4 nitrogen and oxygen atoms in total. The number of ether oxygens (including phenoxy) is 1. The van der Waals surface area contributed by atoms with Crippen molar-refractivity contribution < 1.29 is 9.53 Å². The van der Waals surface area contributed by atoms with E-state index in [9.17, 15) is 4.79 Å². The lowest BCUT2D eigenvalue weighted by Crippen LogP contribution is -2.14. The first-order chi connectivity index (χ1) is 12.3. The second-order valence-electron chi connectivity index (χ2n) is 6.06. The predicted molar refractivity (Wildman–Crippen MR) is 109 cm³/mol. The summed E-state index contributed by atoms with van der Waals surface area (Å²) in [4.78, 5) is 19.0. The van der Waals surface area contributed by atoms with Crippen molar-refractivity contribution in [3.05, 3.63) is 57.1 Å². The molecule has 0 aromatic heterocycles. The van der Waals surface area contributed by atoms with Gasteiger partial charge in [0.1, 0.15) is 5.75 Å². The summed E-state index contributed by atoms with van der Waals surface area (Å²) in [5.41, 5.74) is 3.26. The second-order valence-corrected chi connectivity index (χ2v) is 6.90. The fourth-order valence-electron chi connectivity index (χ4n) is 2.30. The largest absolute Gasteiger partial charge is 0.484 e. The first-order valence-corrected chi connectivity index (χ1v) is 9.04. The maximum absolute atomic E-state index is 12.6. The Morgan fingerprint density at radius 2 is 1.92 bits per heavy atom.